The van der Waals surface area contributed by atoms with Crippen LogP contribution < -0.4 is 0 Å². The van der Waals surface area contributed by atoms with Crippen molar-refractivity contribution in [3.8, 4) is 0 Å². The van der Waals surface area contributed by atoms with Crippen LogP contribution in [0.15, 0.2) is 0 Å². The van der Waals surface area contributed by atoms with Gasteiger partial charge >= 0.3 is 11.9 Å². The summed E-state index contributed by atoms with van der Waals surface area (Å²) in [5.41, 5.74) is 0. The van der Waals surface area contributed by atoms with E-state index in [0.717, 1.165) is 56.8 Å². The molecule has 4 heteroatoms. The van der Waals surface area contributed by atoms with Gasteiger partial charge in [-0.2, -0.15) is 0 Å². The fourth-order valence-corrected chi connectivity index (χ4v) is 4.50. The largest absolute Gasteiger partial charge is 0.465 e. The van der Waals surface area contributed by atoms with Gasteiger partial charge in [0.15, 0.2) is 0 Å². The van der Waals surface area contributed by atoms with Crippen LogP contribution in [0.25, 0.3) is 0 Å². The Balaban J connectivity index is 2.29. The molecule has 1 fully saturated rings. The van der Waals surface area contributed by atoms with E-state index in [4.69, 9.17) is 9.47 Å². The van der Waals surface area contributed by atoms with E-state index in [1.165, 1.54) is 38.5 Å². The fraction of sp³-hybridized carbons (Fsp3) is 0.926. The summed E-state index contributed by atoms with van der Waals surface area (Å²) in [6.45, 7) is 12.1. The summed E-state index contributed by atoms with van der Waals surface area (Å²) in [6, 6.07) is 0. The summed E-state index contributed by atoms with van der Waals surface area (Å²) >= 11 is 0. The van der Waals surface area contributed by atoms with Crippen molar-refractivity contribution < 1.29 is 19.1 Å². The lowest BCUT2D eigenvalue weighted by Gasteiger charge is -2.31. The number of rotatable bonds is 16. The van der Waals surface area contributed by atoms with E-state index in [2.05, 4.69) is 34.6 Å². The molecule has 0 aliphatic heterocycles. The zero-order chi connectivity index (χ0) is 23.1. The van der Waals surface area contributed by atoms with Crippen molar-refractivity contribution in [1.29, 1.82) is 0 Å². The van der Waals surface area contributed by atoms with Crippen LogP contribution in [0.2, 0.25) is 0 Å². The maximum absolute atomic E-state index is 12.7. The van der Waals surface area contributed by atoms with E-state index in [1.54, 1.807) is 0 Å². The highest BCUT2D eigenvalue weighted by Crippen LogP contribution is 2.35. The predicted molar refractivity (Wildman–Crippen MR) is 128 cm³/mol. The first-order chi connectivity index (χ1) is 14.8. The highest BCUT2D eigenvalue weighted by Gasteiger charge is 2.40. The second kappa shape index (κ2) is 16.6. The first-order valence-electron chi connectivity index (χ1n) is 13.1. The molecule has 31 heavy (non-hydrogen) atoms. The van der Waals surface area contributed by atoms with Crippen LogP contribution in [0.5, 0.6) is 0 Å². The third-order valence-corrected chi connectivity index (χ3v) is 6.56. The number of carbonyl (C=O) groups excluding carboxylic acids is 2. The molecule has 3 atom stereocenters. The molecule has 1 aliphatic carbocycles. The average Bonchev–Trinajstić information content (AvgIpc) is 2.71. The van der Waals surface area contributed by atoms with Crippen LogP contribution in [-0.4, -0.2) is 25.2 Å². The number of ether oxygens (including phenoxy) is 2. The lowest BCUT2D eigenvalue weighted by Crippen LogP contribution is -2.37. The first-order valence-corrected chi connectivity index (χ1v) is 13.1. The van der Waals surface area contributed by atoms with Crippen LogP contribution in [0.4, 0.5) is 0 Å². The predicted octanol–water partition coefficient (Wildman–Crippen LogP) is 7.34. The molecule has 1 saturated carbocycles. The normalized spacial score (nSPS) is 21.5. The molecular formula is C27H50O4. The Morgan fingerprint density at radius 3 is 1.61 bits per heavy atom. The lowest BCUT2D eigenvalue weighted by atomic mass is 9.74. The molecule has 0 saturated heterocycles. The van der Waals surface area contributed by atoms with Gasteiger partial charge in [-0.3, -0.25) is 9.59 Å². The summed E-state index contributed by atoms with van der Waals surface area (Å²) < 4.78 is 11.1. The van der Waals surface area contributed by atoms with Crippen molar-refractivity contribution >= 4 is 11.9 Å². The van der Waals surface area contributed by atoms with Crippen molar-refractivity contribution in [3.05, 3.63) is 0 Å². The molecule has 0 heterocycles. The molecule has 0 aromatic rings. The van der Waals surface area contributed by atoms with Crippen molar-refractivity contribution in [2.45, 2.75) is 118 Å². The van der Waals surface area contributed by atoms with Gasteiger partial charge in [0, 0.05) is 0 Å². The molecule has 0 spiro atoms. The second-order valence-electron chi connectivity index (χ2n) is 10.7. The number of hydrogen-bond acceptors (Lipinski definition) is 4. The van der Waals surface area contributed by atoms with Crippen molar-refractivity contribution in [2.75, 3.05) is 13.2 Å². The van der Waals surface area contributed by atoms with Gasteiger partial charge < -0.3 is 9.47 Å². The van der Waals surface area contributed by atoms with Crippen LogP contribution in [-0.2, 0) is 19.1 Å². The van der Waals surface area contributed by atoms with Gasteiger partial charge in [0.05, 0.1) is 25.0 Å². The molecule has 0 aromatic carbocycles. The van der Waals surface area contributed by atoms with E-state index in [9.17, 15) is 9.59 Å². The third-order valence-electron chi connectivity index (χ3n) is 6.56. The second-order valence-corrected chi connectivity index (χ2v) is 10.7. The maximum Gasteiger partial charge on any atom is 0.309 e. The number of carbonyl (C=O) groups is 2. The minimum Gasteiger partial charge on any atom is -0.465 e. The number of esters is 2. The van der Waals surface area contributed by atoms with E-state index in [0.29, 0.717) is 19.1 Å². The highest BCUT2D eigenvalue weighted by atomic mass is 16.5. The molecule has 0 radical (unpaired) electrons. The van der Waals surface area contributed by atoms with Gasteiger partial charge in [0.1, 0.15) is 0 Å². The van der Waals surface area contributed by atoms with Crippen LogP contribution in [0.3, 0.4) is 0 Å². The van der Waals surface area contributed by atoms with Gasteiger partial charge in [0.25, 0.3) is 0 Å². The Hall–Kier alpha value is -1.06. The summed E-state index contributed by atoms with van der Waals surface area (Å²) in [7, 11) is 0. The molecule has 0 amide bonds. The molecule has 1 aliphatic rings. The van der Waals surface area contributed by atoms with Gasteiger partial charge in [-0.05, 0) is 49.9 Å². The zero-order valence-electron chi connectivity index (χ0n) is 21.1. The van der Waals surface area contributed by atoms with Crippen LogP contribution >= 0.6 is 0 Å². The van der Waals surface area contributed by atoms with E-state index >= 15 is 0 Å². The van der Waals surface area contributed by atoms with Crippen molar-refractivity contribution in [3.63, 3.8) is 0 Å². The van der Waals surface area contributed by atoms with Gasteiger partial charge in [-0.1, -0.05) is 86.0 Å². The number of unbranched alkanes of at least 4 members (excludes halogenated alkanes) is 6. The maximum atomic E-state index is 12.7. The first kappa shape index (κ1) is 28.0. The molecule has 3 unspecified atom stereocenters. The third kappa shape index (κ3) is 13.2. The smallest absolute Gasteiger partial charge is 0.309 e. The minimum atomic E-state index is -0.330. The molecule has 4 nitrogen and oxygen atoms in total. The molecule has 0 bridgehead atoms. The zero-order valence-corrected chi connectivity index (χ0v) is 21.1. The Labute approximate surface area is 192 Å². The lowest BCUT2D eigenvalue weighted by molar-refractivity contribution is -0.163. The summed E-state index contributed by atoms with van der Waals surface area (Å²) in [6.07, 6.45) is 13.9. The SMILES string of the molecule is CC(C)CCCCCCOC(=O)C1CCC(C)CC1C(=O)OCCCCCCC(C)C. The van der Waals surface area contributed by atoms with Crippen molar-refractivity contribution in [1.82, 2.24) is 0 Å². The monoisotopic (exact) mass is 438 g/mol. The van der Waals surface area contributed by atoms with E-state index in [-0.39, 0.29) is 23.8 Å². The average molecular weight is 439 g/mol. The van der Waals surface area contributed by atoms with E-state index in [1.807, 2.05) is 0 Å². The van der Waals surface area contributed by atoms with Gasteiger partial charge in [-0.25, -0.2) is 0 Å². The molecule has 182 valence electrons. The summed E-state index contributed by atoms with van der Waals surface area (Å²) in [4.78, 5) is 25.4. The quantitative estimate of drug-likeness (QED) is 0.187. The summed E-state index contributed by atoms with van der Waals surface area (Å²) in [5.74, 6) is 0.937. The number of hydrogen-bond donors (Lipinski definition) is 0. The van der Waals surface area contributed by atoms with Gasteiger partial charge in [-0.15, -0.1) is 0 Å². The van der Waals surface area contributed by atoms with Gasteiger partial charge in [0.2, 0.25) is 0 Å². The minimum absolute atomic E-state index is 0.190. The Morgan fingerprint density at radius 2 is 1.13 bits per heavy atom. The topological polar surface area (TPSA) is 52.6 Å². The van der Waals surface area contributed by atoms with Crippen molar-refractivity contribution in [2.24, 2.45) is 29.6 Å². The highest BCUT2D eigenvalue weighted by molar-refractivity contribution is 5.82. The fourth-order valence-electron chi connectivity index (χ4n) is 4.50. The molecule has 0 N–H and O–H groups in total. The Bertz CT molecular complexity index is 486. The summed E-state index contributed by atoms with van der Waals surface area (Å²) in [5, 5.41) is 0. The Morgan fingerprint density at radius 1 is 0.677 bits per heavy atom. The Kier molecular flexibility index (Phi) is 14.9. The van der Waals surface area contributed by atoms with Crippen LogP contribution in [0, 0.1) is 29.6 Å². The van der Waals surface area contributed by atoms with Crippen LogP contribution in [0.1, 0.15) is 118 Å². The molecular weight excluding hydrogens is 388 g/mol. The van der Waals surface area contributed by atoms with E-state index < -0.39 is 0 Å². The molecule has 0 aromatic heterocycles. The molecule has 1 rings (SSSR count). The standard InChI is InChI=1S/C27H50O4/c1-21(2)14-10-6-8-12-18-30-26(28)24-17-16-23(5)20-25(24)27(29)31-19-13-9-7-11-15-22(3)4/h21-25H,6-20H2,1-5H3.